The van der Waals surface area contributed by atoms with Crippen molar-refractivity contribution in [2.45, 2.75) is 12.5 Å². The van der Waals surface area contributed by atoms with E-state index in [9.17, 15) is 0 Å². The number of methoxy groups -OCH3 is 1. The van der Waals surface area contributed by atoms with Gasteiger partial charge in [0.2, 0.25) is 5.88 Å². The third-order valence-corrected chi connectivity index (χ3v) is 6.04. The fourth-order valence-corrected chi connectivity index (χ4v) is 4.45. The second kappa shape index (κ2) is 8.13. The number of aromatic nitrogens is 2. The molecule has 1 aliphatic rings. The number of hydrogen-bond donors (Lipinski definition) is 1. The van der Waals surface area contributed by atoms with Crippen molar-refractivity contribution in [3.63, 3.8) is 0 Å². The number of nitrogens with one attached hydrogen (secondary N) is 1. The van der Waals surface area contributed by atoms with Gasteiger partial charge in [0.05, 0.1) is 18.6 Å². The average molecular weight is 427 g/mol. The molecule has 2 heterocycles. The zero-order chi connectivity index (χ0) is 22.2. The number of hydrogen-bond acceptors (Lipinski definition) is 5. The van der Waals surface area contributed by atoms with Crippen molar-refractivity contribution < 1.29 is 9.47 Å². The Morgan fingerprint density at radius 1 is 1.03 bits per heavy atom. The second-order valence-corrected chi connectivity index (χ2v) is 8.28. The highest BCUT2D eigenvalue weighted by Crippen LogP contribution is 2.49. The maximum Gasteiger partial charge on any atom is 0.228 e. The first-order chi connectivity index (χ1) is 15.6. The fourth-order valence-electron chi connectivity index (χ4n) is 4.45. The highest BCUT2D eigenvalue weighted by molar-refractivity contribution is 5.90. The van der Waals surface area contributed by atoms with Crippen molar-refractivity contribution in [1.82, 2.24) is 14.5 Å². The summed E-state index contributed by atoms with van der Waals surface area (Å²) >= 11 is 0. The van der Waals surface area contributed by atoms with Crippen molar-refractivity contribution in [3.8, 4) is 17.4 Å². The molecule has 0 amide bonds. The van der Waals surface area contributed by atoms with Crippen molar-refractivity contribution in [1.29, 1.82) is 5.41 Å². The standard InChI is InChI=1S/C26H26N4O2/c1-29(2)14-15-30-16-28-26-24(25(30)27)23(19-10-6-7-11-20(19)31-3)22-18-9-5-4-8-17(18)12-13-21(22)32-26/h4-13,16,23,27H,14-15H2,1-3H3/t23-/m0/s1. The highest BCUT2D eigenvalue weighted by Gasteiger charge is 2.35. The van der Waals surface area contributed by atoms with Crippen LogP contribution < -0.4 is 15.0 Å². The van der Waals surface area contributed by atoms with E-state index in [1.165, 1.54) is 0 Å². The van der Waals surface area contributed by atoms with E-state index < -0.39 is 0 Å². The van der Waals surface area contributed by atoms with Crippen LogP contribution >= 0.6 is 0 Å². The lowest BCUT2D eigenvalue weighted by molar-refractivity contribution is 0.370. The van der Waals surface area contributed by atoms with Crippen molar-refractivity contribution in [2.75, 3.05) is 27.7 Å². The Morgan fingerprint density at radius 2 is 1.81 bits per heavy atom. The molecule has 0 saturated heterocycles. The quantitative estimate of drug-likeness (QED) is 0.453. The normalized spacial score (nSPS) is 14.7. The molecule has 32 heavy (non-hydrogen) atoms. The SMILES string of the molecule is COc1ccccc1[C@@H]1c2c(ncn(CCN(C)C)c2=N)Oc2ccc3ccccc3c21. The maximum absolute atomic E-state index is 9.11. The van der Waals surface area contributed by atoms with Gasteiger partial charge >= 0.3 is 0 Å². The summed E-state index contributed by atoms with van der Waals surface area (Å²) in [5, 5.41) is 11.3. The number of ether oxygens (including phenoxy) is 2. The van der Waals surface area contributed by atoms with E-state index in [4.69, 9.17) is 14.9 Å². The molecule has 0 radical (unpaired) electrons. The lowest BCUT2D eigenvalue weighted by Crippen LogP contribution is -2.32. The van der Waals surface area contributed by atoms with Gasteiger partial charge in [-0.25, -0.2) is 4.98 Å². The van der Waals surface area contributed by atoms with Gasteiger partial charge in [0.25, 0.3) is 0 Å². The number of benzene rings is 3. The minimum Gasteiger partial charge on any atom is -0.496 e. The smallest absolute Gasteiger partial charge is 0.228 e. The largest absolute Gasteiger partial charge is 0.496 e. The summed E-state index contributed by atoms with van der Waals surface area (Å²) in [5.41, 5.74) is 3.21. The van der Waals surface area contributed by atoms with Gasteiger partial charge in [-0.2, -0.15) is 0 Å². The lowest BCUT2D eigenvalue weighted by atomic mass is 9.81. The summed E-state index contributed by atoms with van der Waals surface area (Å²) in [6, 6.07) is 20.4. The Kier molecular flexibility index (Phi) is 5.15. The molecule has 6 nitrogen and oxygen atoms in total. The van der Waals surface area contributed by atoms with E-state index in [-0.39, 0.29) is 5.92 Å². The van der Waals surface area contributed by atoms with Gasteiger partial charge in [-0.05, 0) is 37.0 Å². The first-order valence-electron chi connectivity index (χ1n) is 10.7. The second-order valence-electron chi connectivity index (χ2n) is 8.28. The Hall–Kier alpha value is -3.64. The third kappa shape index (κ3) is 3.33. The molecular weight excluding hydrogens is 400 g/mol. The number of rotatable bonds is 5. The predicted molar refractivity (Wildman–Crippen MR) is 125 cm³/mol. The van der Waals surface area contributed by atoms with E-state index in [2.05, 4.69) is 34.1 Å². The Balaban J connectivity index is 1.81. The molecule has 0 aliphatic carbocycles. The van der Waals surface area contributed by atoms with Crippen LogP contribution in [0.5, 0.6) is 17.4 Å². The van der Waals surface area contributed by atoms with Gasteiger partial charge in [0, 0.05) is 24.2 Å². The minimum absolute atomic E-state index is 0.234. The molecule has 162 valence electrons. The summed E-state index contributed by atoms with van der Waals surface area (Å²) in [5.74, 6) is 1.80. The molecule has 1 aromatic heterocycles. The number of fused-ring (bicyclic) bond motifs is 4. The van der Waals surface area contributed by atoms with E-state index in [1.807, 2.05) is 55.1 Å². The Labute approximate surface area is 187 Å². The van der Waals surface area contributed by atoms with E-state index in [1.54, 1.807) is 13.4 Å². The van der Waals surface area contributed by atoms with Crippen molar-refractivity contribution in [3.05, 3.63) is 89.2 Å². The van der Waals surface area contributed by atoms with Gasteiger partial charge in [-0.3, -0.25) is 5.41 Å². The monoisotopic (exact) mass is 426 g/mol. The minimum atomic E-state index is -0.234. The van der Waals surface area contributed by atoms with Crippen LogP contribution in [-0.2, 0) is 6.54 Å². The zero-order valence-electron chi connectivity index (χ0n) is 18.5. The maximum atomic E-state index is 9.11. The van der Waals surface area contributed by atoms with Gasteiger partial charge in [-0.1, -0.05) is 48.5 Å². The van der Waals surface area contributed by atoms with Gasteiger partial charge in [0.1, 0.15) is 23.3 Å². The molecule has 0 bridgehead atoms. The summed E-state index contributed by atoms with van der Waals surface area (Å²) in [7, 11) is 5.74. The third-order valence-electron chi connectivity index (χ3n) is 6.04. The molecule has 6 heteroatoms. The first-order valence-corrected chi connectivity index (χ1v) is 10.7. The van der Waals surface area contributed by atoms with Gasteiger partial charge < -0.3 is 18.9 Å². The fraction of sp³-hybridized carbons (Fsp3) is 0.231. The number of para-hydroxylation sites is 1. The summed E-state index contributed by atoms with van der Waals surface area (Å²) in [4.78, 5) is 6.73. The Morgan fingerprint density at radius 3 is 2.62 bits per heavy atom. The summed E-state index contributed by atoms with van der Waals surface area (Å²) in [6.07, 6.45) is 1.70. The molecule has 1 atom stereocenters. The zero-order valence-corrected chi connectivity index (χ0v) is 18.5. The molecular formula is C26H26N4O2. The van der Waals surface area contributed by atoms with E-state index in [0.29, 0.717) is 17.9 Å². The van der Waals surface area contributed by atoms with Crippen LogP contribution in [0.4, 0.5) is 0 Å². The highest BCUT2D eigenvalue weighted by atomic mass is 16.5. The summed E-state index contributed by atoms with van der Waals surface area (Å²) < 4.78 is 13.9. The molecule has 3 aromatic carbocycles. The van der Waals surface area contributed by atoms with Crippen molar-refractivity contribution in [2.24, 2.45) is 0 Å². The van der Waals surface area contributed by atoms with Crippen molar-refractivity contribution >= 4 is 10.8 Å². The molecule has 1 aliphatic heterocycles. The van der Waals surface area contributed by atoms with E-state index in [0.717, 1.165) is 45.5 Å². The molecule has 4 aromatic rings. The van der Waals surface area contributed by atoms with Crippen LogP contribution in [0.1, 0.15) is 22.6 Å². The van der Waals surface area contributed by atoms with Crippen LogP contribution in [0.3, 0.4) is 0 Å². The van der Waals surface area contributed by atoms with Crippen LogP contribution in [0.15, 0.2) is 67.0 Å². The number of nitrogens with zero attached hydrogens (tertiary/aromatic N) is 3. The number of likely N-dealkylation sites (N-methyl/N-ethyl adjacent to an activating group) is 1. The van der Waals surface area contributed by atoms with Crippen LogP contribution in [-0.4, -0.2) is 42.2 Å². The van der Waals surface area contributed by atoms with Crippen LogP contribution in [0, 0.1) is 5.41 Å². The van der Waals surface area contributed by atoms with Crippen LogP contribution in [0.2, 0.25) is 0 Å². The molecule has 0 fully saturated rings. The molecule has 0 spiro atoms. The molecule has 5 rings (SSSR count). The van der Waals surface area contributed by atoms with Gasteiger partial charge in [0.15, 0.2) is 0 Å². The molecule has 0 saturated carbocycles. The summed E-state index contributed by atoms with van der Waals surface area (Å²) in [6.45, 7) is 1.49. The van der Waals surface area contributed by atoms with Crippen LogP contribution in [0.25, 0.3) is 10.8 Å². The Bertz CT molecular complexity index is 1360. The van der Waals surface area contributed by atoms with Gasteiger partial charge in [-0.15, -0.1) is 0 Å². The lowest BCUT2D eigenvalue weighted by Gasteiger charge is -2.30. The predicted octanol–water partition coefficient (Wildman–Crippen LogP) is 4.37. The topological polar surface area (TPSA) is 63.4 Å². The molecule has 1 N–H and O–H groups in total. The first kappa shape index (κ1) is 20.3. The molecule has 0 unspecified atom stereocenters. The average Bonchev–Trinajstić information content (AvgIpc) is 2.82. The van der Waals surface area contributed by atoms with E-state index >= 15 is 0 Å².